The van der Waals surface area contributed by atoms with Gasteiger partial charge in [0.15, 0.2) is 6.35 Å². The van der Waals surface area contributed by atoms with Gasteiger partial charge in [-0.15, -0.1) is 4.91 Å². The van der Waals surface area contributed by atoms with E-state index in [0.717, 1.165) is 33.4 Å². The molecule has 2 N–H and O–H groups in total. The van der Waals surface area contributed by atoms with Crippen LogP contribution in [0.5, 0.6) is 0 Å². The lowest BCUT2D eigenvalue weighted by Gasteiger charge is -2.19. The Kier molecular flexibility index (Phi) is 22.6. The summed E-state index contributed by atoms with van der Waals surface area (Å²) in [6.45, 7) is 25.8. The minimum absolute atomic E-state index is 0.194. The van der Waals surface area contributed by atoms with Crippen LogP contribution in [0.25, 0.3) is 0 Å². The highest BCUT2D eigenvalue weighted by atomic mass is 31.2. The number of benzene rings is 1. The molecule has 208 valence electrons. The summed E-state index contributed by atoms with van der Waals surface area (Å²) in [4.78, 5) is 29.5. The highest BCUT2D eigenvalue weighted by molar-refractivity contribution is 7.51. The van der Waals surface area contributed by atoms with Gasteiger partial charge in [0.05, 0.1) is 0 Å². The van der Waals surface area contributed by atoms with Gasteiger partial charge < -0.3 is 14.5 Å². The van der Waals surface area contributed by atoms with Gasteiger partial charge in [-0.25, -0.2) is 0 Å². The molecule has 0 bridgehead atoms. The number of hydrogen-bond donors (Lipinski definition) is 2. The van der Waals surface area contributed by atoms with Crippen molar-refractivity contribution in [2.75, 3.05) is 6.35 Å². The standard InChI is InChI=1S/C23H34NO5P.3C2H6/c1-8-16(5)23(29-14-30(26,27)28)20(9-2)18(7)17(6)12-19-10-11-22(24-25)21(13-19)15(3)4;3*1-2/h8,10-11,13,15H,9,12,14H2,1-7H3,(H2,26,27,28);3*1-2H3/b16-8+,18-17+,23-20+;;;. The van der Waals surface area contributed by atoms with E-state index in [4.69, 9.17) is 4.74 Å². The molecule has 1 rings (SSSR count). The fourth-order valence-electron chi connectivity index (χ4n) is 3.27. The molecule has 0 saturated carbocycles. The van der Waals surface area contributed by atoms with E-state index < -0.39 is 13.9 Å². The second-order valence-electron chi connectivity index (χ2n) is 7.79. The van der Waals surface area contributed by atoms with Gasteiger partial charge in [0.2, 0.25) is 0 Å². The summed E-state index contributed by atoms with van der Waals surface area (Å²) in [7, 11) is -4.29. The Bertz CT molecular complexity index is 908. The molecule has 36 heavy (non-hydrogen) atoms. The fraction of sp³-hybridized carbons (Fsp3) is 0.586. The second kappa shape index (κ2) is 21.1. The van der Waals surface area contributed by atoms with Crippen molar-refractivity contribution in [2.24, 2.45) is 5.18 Å². The summed E-state index contributed by atoms with van der Waals surface area (Å²) < 4.78 is 16.9. The summed E-state index contributed by atoms with van der Waals surface area (Å²) in [6.07, 6.45) is 2.57. The van der Waals surface area contributed by atoms with Crippen molar-refractivity contribution >= 4 is 13.3 Å². The molecule has 1 aromatic carbocycles. The van der Waals surface area contributed by atoms with Crippen LogP contribution < -0.4 is 0 Å². The zero-order valence-corrected chi connectivity index (χ0v) is 25.9. The van der Waals surface area contributed by atoms with E-state index in [0.29, 0.717) is 24.3 Å². The predicted molar refractivity (Wildman–Crippen MR) is 157 cm³/mol. The van der Waals surface area contributed by atoms with Crippen LogP contribution in [0.15, 0.2) is 57.5 Å². The molecular formula is C29H52NO5P. The molecule has 0 fully saturated rings. The van der Waals surface area contributed by atoms with E-state index in [9.17, 15) is 19.3 Å². The summed E-state index contributed by atoms with van der Waals surface area (Å²) in [5.41, 5.74) is 6.38. The van der Waals surface area contributed by atoms with Crippen molar-refractivity contribution in [3.05, 3.63) is 68.4 Å². The van der Waals surface area contributed by atoms with E-state index in [1.54, 1.807) is 6.07 Å². The first kappa shape index (κ1) is 38.5. The van der Waals surface area contributed by atoms with Gasteiger partial charge in [-0.3, -0.25) is 4.57 Å². The van der Waals surface area contributed by atoms with Crippen molar-refractivity contribution in [3.63, 3.8) is 0 Å². The molecule has 0 aromatic heterocycles. The van der Waals surface area contributed by atoms with E-state index in [-0.39, 0.29) is 5.92 Å². The van der Waals surface area contributed by atoms with E-state index in [2.05, 4.69) is 5.18 Å². The molecule has 7 heteroatoms. The number of hydrogen-bond acceptors (Lipinski definition) is 4. The van der Waals surface area contributed by atoms with Crippen LogP contribution in [0.3, 0.4) is 0 Å². The lowest BCUT2D eigenvalue weighted by Crippen LogP contribution is -2.04. The second-order valence-corrected chi connectivity index (χ2v) is 9.38. The highest BCUT2D eigenvalue weighted by Gasteiger charge is 2.19. The largest absolute Gasteiger partial charge is 0.480 e. The van der Waals surface area contributed by atoms with Gasteiger partial charge in [-0.05, 0) is 85.5 Å². The lowest BCUT2D eigenvalue weighted by atomic mass is 9.91. The Morgan fingerprint density at radius 3 is 1.97 bits per heavy atom. The minimum Gasteiger partial charge on any atom is -0.480 e. The monoisotopic (exact) mass is 525 g/mol. The molecule has 0 spiro atoms. The Balaban J connectivity index is -0.00000168. The fourth-order valence-corrected chi connectivity index (χ4v) is 3.57. The molecular weight excluding hydrogens is 473 g/mol. The SMILES string of the molecule is C/C=C(C)/C(OCP(=O)(O)O)=C(CC)\C(C)=C(/C)Cc1ccc(N=O)c(C(C)C)c1.CC.CC.CC. The maximum atomic E-state index is 11.3. The Morgan fingerprint density at radius 2 is 1.58 bits per heavy atom. The average molecular weight is 526 g/mol. The number of nitroso groups, excluding NO2 is 1. The molecule has 0 aliphatic rings. The third kappa shape index (κ3) is 13.9. The van der Waals surface area contributed by atoms with Gasteiger partial charge in [-0.2, -0.15) is 0 Å². The molecule has 0 amide bonds. The molecule has 0 aliphatic carbocycles. The topological polar surface area (TPSA) is 96.2 Å². The van der Waals surface area contributed by atoms with Gasteiger partial charge in [0, 0.05) is 0 Å². The highest BCUT2D eigenvalue weighted by Crippen LogP contribution is 2.37. The number of allylic oxidation sites excluding steroid dienone is 5. The van der Waals surface area contributed by atoms with E-state index in [1.807, 2.05) is 108 Å². The van der Waals surface area contributed by atoms with Gasteiger partial charge in [0.1, 0.15) is 11.4 Å². The van der Waals surface area contributed by atoms with Crippen LogP contribution in [0.4, 0.5) is 5.69 Å². The van der Waals surface area contributed by atoms with Crippen LogP contribution in [-0.2, 0) is 15.7 Å². The Hall–Kier alpha value is -2.01. The minimum atomic E-state index is -4.29. The molecule has 0 atom stereocenters. The van der Waals surface area contributed by atoms with Gasteiger partial charge in [0.25, 0.3) is 0 Å². The van der Waals surface area contributed by atoms with Crippen molar-refractivity contribution in [1.82, 2.24) is 0 Å². The lowest BCUT2D eigenvalue weighted by molar-refractivity contribution is 0.232. The average Bonchev–Trinajstić information content (AvgIpc) is 2.88. The molecule has 1 aromatic rings. The quantitative estimate of drug-likeness (QED) is 0.137. The first-order chi connectivity index (χ1) is 16.9. The Labute approximate surface area is 221 Å². The normalized spacial score (nSPS) is 12.5. The number of ether oxygens (including phenoxy) is 1. The van der Waals surface area contributed by atoms with Crippen LogP contribution >= 0.6 is 7.60 Å². The van der Waals surface area contributed by atoms with Crippen LogP contribution in [0, 0.1) is 4.91 Å². The third-order valence-corrected chi connectivity index (χ3v) is 5.64. The third-order valence-electron chi connectivity index (χ3n) is 5.17. The molecule has 0 aliphatic heterocycles. The predicted octanol–water partition coefficient (Wildman–Crippen LogP) is 9.95. The zero-order valence-electron chi connectivity index (χ0n) is 25.0. The smallest absolute Gasteiger partial charge is 0.362 e. The first-order valence-corrected chi connectivity index (χ1v) is 14.9. The van der Waals surface area contributed by atoms with Crippen LogP contribution in [0.1, 0.15) is 113 Å². The summed E-state index contributed by atoms with van der Waals surface area (Å²) in [5, 5.41) is 3.12. The van der Waals surface area contributed by atoms with E-state index >= 15 is 0 Å². The molecule has 0 unspecified atom stereocenters. The van der Waals surface area contributed by atoms with Crippen LogP contribution in [-0.4, -0.2) is 16.1 Å². The summed E-state index contributed by atoms with van der Waals surface area (Å²) in [6, 6.07) is 5.70. The van der Waals surface area contributed by atoms with Crippen LogP contribution in [0.2, 0.25) is 0 Å². The zero-order chi connectivity index (χ0) is 29.1. The van der Waals surface area contributed by atoms with Crippen molar-refractivity contribution in [1.29, 1.82) is 0 Å². The molecule has 0 radical (unpaired) electrons. The van der Waals surface area contributed by atoms with E-state index in [1.165, 1.54) is 0 Å². The Morgan fingerprint density at radius 1 is 1.06 bits per heavy atom. The molecule has 0 saturated heterocycles. The van der Waals surface area contributed by atoms with Crippen molar-refractivity contribution in [3.8, 4) is 0 Å². The molecule has 0 heterocycles. The first-order valence-electron chi connectivity index (χ1n) is 13.1. The summed E-state index contributed by atoms with van der Waals surface area (Å²) in [5.74, 6) is 0.711. The van der Waals surface area contributed by atoms with Gasteiger partial charge in [-0.1, -0.05) is 86.1 Å². The number of nitrogens with zero attached hydrogens (tertiary/aromatic N) is 1. The van der Waals surface area contributed by atoms with Gasteiger partial charge >= 0.3 is 7.60 Å². The molecule has 6 nitrogen and oxygen atoms in total. The maximum absolute atomic E-state index is 11.3. The summed E-state index contributed by atoms with van der Waals surface area (Å²) >= 11 is 0. The van der Waals surface area contributed by atoms with Crippen molar-refractivity contribution in [2.45, 2.75) is 109 Å². The maximum Gasteiger partial charge on any atom is 0.362 e. The van der Waals surface area contributed by atoms with Crippen molar-refractivity contribution < 1.29 is 19.1 Å². The number of rotatable bonds is 10.